The van der Waals surface area contributed by atoms with Gasteiger partial charge in [-0.2, -0.15) is 5.10 Å². The molecule has 0 spiro atoms. The van der Waals surface area contributed by atoms with Crippen molar-refractivity contribution in [2.75, 3.05) is 0 Å². The molecule has 1 aliphatic rings. The van der Waals surface area contributed by atoms with E-state index in [1.165, 1.54) is 0 Å². The van der Waals surface area contributed by atoms with Gasteiger partial charge in [0.15, 0.2) is 11.5 Å². The molecular formula is C14H12ClN3O2. The smallest absolute Gasteiger partial charge is 0.269 e. The Morgan fingerprint density at radius 1 is 1.35 bits per heavy atom. The number of ketones is 1. The first-order valence-corrected chi connectivity index (χ1v) is 6.66. The van der Waals surface area contributed by atoms with Crippen LogP contribution in [0.1, 0.15) is 39.4 Å². The Kier molecular flexibility index (Phi) is 3.06. The molecule has 0 saturated carbocycles. The van der Waals surface area contributed by atoms with Crippen LogP contribution in [0.5, 0.6) is 0 Å². The fraction of sp³-hybridized carbons (Fsp3) is 0.214. The lowest BCUT2D eigenvalue weighted by atomic mass is 9.94. The topological polar surface area (TPSA) is 78.0 Å². The highest BCUT2D eigenvalue weighted by atomic mass is 35.5. The molecule has 0 atom stereocenters. The van der Waals surface area contributed by atoms with E-state index >= 15 is 0 Å². The normalized spacial score (nSPS) is 14.2. The third-order valence-corrected chi connectivity index (χ3v) is 3.60. The largest absolute Gasteiger partial charge is 0.364 e. The van der Waals surface area contributed by atoms with Gasteiger partial charge in [-0.05, 0) is 31.0 Å². The average molecular weight is 290 g/mol. The lowest BCUT2D eigenvalue weighted by molar-refractivity contribution is 0.0948. The zero-order chi connectivity index (χ0) is 14.3. The number of carbonyl (C=O) groups is 2. The predicted octanol–water partition coefficient (Wildman–Crippen LogP) is 2.14. The molecule has 1 amide bonds. The van der Waals surface area contributed by atoms with Gasteiger partial charge < -0.3 is 5.73 Å². The number of aromatic nitrogens is 2. The zero-order valence-electron chi connectivity index (χ0n) is 10.6. The summed E-state index contributed by atoms with van der Waals surface area (Å²) in [6.45, 7) is 0. The summed E-state index contributed by atoms with van der Waals surface area (Å²) in [5, 5.41) is 4.78. The highest BCUT2D eigenvalue weighted by Crippen LogP contribution is 2.27. The molecule has 0 radical (unpaired) electrons. The van der Waals surface area contributed by atoms with Gasteiger partial charge in [-0.25, -0.2) is 4.68 Å². The van der Waals surface area contributed by atoms with Crippen molar-refractivity contribution in [3.8, 4) is 5.69 Å². The first-order valence-electron chi connectivity index (χ1n) is 6.29. The van der Waals surface area contributed by atoms with Crippen LogP contribution in [0.4, 0.5) is 0 Å². The minimum Gasteiger partial charge on any atom is -0.364 e. The summed E-state index contributed by atoms with van der Waals surface area (Å²) in [7, 11) is 0. The Labute approximate surface area is 120 Å². The lowest BCUT2D eigenvalue weighted by Gasteiger charge is -2.13. The van der Waals surface area contributed by atoms with Gasteiger partial charge in [-0.3, -0.25) is 9.59 Å². The third-order valence-electron chi connectivity index (χ3n) is 3.36. The number of benzene rings is 1. The summed E-state index contributed by atoms with van der Waals surface area (Å²) in [5.41, 5.74) is 7.19. The number of halogens is 1. The van der Waals surface area contributed by atoms with Gasteiger partial charge in [0.05, 0.1) is 16.9 Å². The van der Waals surface area contributed by atoms with Gasteiger partial charge in [-0.15, -0.1) is 0 Å². The molecule has 0 unspecified atom stereocenters. The first kappa shape index (κ1) is 12.9. The molecule has 0 saturated heterocycles. The Morgan fingerprint density at radius 2 is 2.15 bits per heavy atom. The SMILES string of the molecule is NC(=O)c1nn(-c2cccc(Cl)c2)c2c1C(=O)CCC2. The lowest BCUT2D eigenvalue weighted by Crippen LogP contribution is -2.18. The van der Waals surface area contributed by atoms with Crippen molar-refractivity contribution in [3.63, 3.8) is 0 Å². The fourth-order valence-electron chi connectivity index (χ4n) is 2.51. The summed E-state index contributed by atoms with van der Waals surface area (Å²) >= 11 is 5.98. The summed E-state index contributed by atoms with van der Waals surface area (Å²) in [6.07, 6.45) is 1.86. The molecule has 5 nitrogen and oxygen atoms in total. The van der Waals surface area contributed by atoms with E-state index in [0.717, 1.165) is 17.8 Å². The Hall–Kier alpha value is -2.14. The van der Waals surface area contributed by atoms with Crippen molar-refractivity contribution in [2.45, 2.75) is 19.3 Å². The van der Waals surface area contributed by atoms with Crippen LogP contribution in [0.3, 0.4) is 0 Å². The first-order chi connectivity index (χ1) is 9.58. The van der Waals surface area contributed by atoms with Crippen molar-refractivity contribution in [1.29, 1.82) is 0 Å². The molecule has 6 heteroatoms. The van der Waals surface area contributed by atoms with Crippen LogP contribution < -0.4 is 5.73 Å². The van der Waals surface area contributed by atoms with Crippen LogP contribution in [-0.4, -0.2) is 21.5 Å². The summed E-state index contributed by atoms with van der Waals surface area (Å²) in [6, 6.07) is 7.10. The fourth-order valence-corrected chi connectivity index (χ4v) is 2.70. The van der Waals surface area contributed by atoms with Crippen LogP contribution in [0.2, 0.25) is 5.02 Å². The highest BCUT2D eigenvalue weighted by Gasteiger charge is 2.29. The van der Waals surface area contributed by atoms with Crippen LogP contribution >= 0.6 is 11.6 Å². The predicted molar refractivity (Wildman–Crippen MR) is 74.4 cm³/mol. The second kappa shape index (κ2) is 4.76. The number of carbonyl (C=O) groups excluding carboxylic acids is 2. The molecule has 0 aliphatic heterocycles. The Morgan fingerprint density at radius 3 is 2.85 bits per heavy atom. The molecule has 1 aromatic heterocycles. The van der Waals surface area contributed by atoms with E-state index in [2.05, 4.69) is 5.10 Å². The molecule has 0 fully saturated rings. The van der Waals surface area contributed by atoms with Crippen molar-refractivity contribution >= 4 is 23.3 Å². The molecular weight excluding hydrogens is 278 g/mol. The molecule has 3 rings (SSSR count). The van der Waals surface area contributed by atoms with Crippen molar-refractivity contribution in [3.05, 3.63) is 46.2 Å². The van der Waals surface area contributed by atoms with Crippen LogP contribution in [0, 0.1) is 0 Å². The number of hydrogen-bond donors (Lipinski definition) is 1. The van der Waals surface area contributed by atoms with Crippen molar-refractivity contribution in [1.82, 2.24) is 9.78 Å². The number of Topliss-reactive ketones (excluding diaryl/α,β-unsaturated/α-hetero) is 1. The van der Waals surface area contributed by atoms with E-state index in [1.807, 2.05) is 6.07 Å². The van der Waals surface area contributed by atoms with Gasteiger partial charge in [-0.1, -0.05) is 17.7 Å². The van der Waals surface area contributed by atoms with Crippen LogP contribution in [-0.2, 0) is 6.42 Å². The number of fused-ring (bicyclic) bond motifs is 1. The van der Waals surface area contributed by atoms with Crippen molar-refractivity contribution < 1.29 is 9.59 Å². The van der Waals surface area contributed by atoms with E-state index in [-0.39, 0.29) is 11.5 Å². The number of hydrogen-bond acceptors (Lipinski definition) is 3. The Bertz CT molecular complexity index is 721. The molecule has 102 valence electrons. The van der Waals surface area contributed by atoms with Gasteiger partial charge in [0.25, 0.3) is 5.91 Å². The minimum absolute atomic E-state index is 0.0460. The van der Waals surface area contributed by atoms with E-state index in [4.69, 9.17) is 17.3 Å². The van der Waals surface area contributed by atoms with Crippen LogP contribution in [0.15, 0.2) is 24.3 Å². The molecule has 1 heterocycles. The average Bonchev–Trinajstić information content (AvgIpc) is 2.80. The molecule has 1 aliphatic carbocycles. The maximum atomic E-state index is 12.0. The summed E-state index contributed by atoms with van der Waals surface area (Å²) in [5.74, 6) is -0.759. The molecule has 1 aromatic carbocycles. The van der Waals surface area contributed by atoms with E-state index in [0.29, 0.717) is 23.4 Å². The number of nitrogens with zero attached hydrogens (tertiary/aromatic N) is 2. The number of amides is 1. The molecule has 20 heavy (non-hydrogen) atoms. The van der Waals surface area contributed by atoms with Gasteiger partial charge in [0.2, 0.25) is 0 Å². The zero-order valence-corrected chi connectivity index (χ0v) is 11.4. The number of primary amides is 1. The van der Waals surface area contributed by atoms with E-state index in [9.17, 15) is 9.59 Å². The molecule has 2 aromatic rings. The molecule has 2 N–H and O–H groups in total. The monoisotopic (exact) mass is 289 g/mol. The number of rotatable bonds is 2. The van der Waals surface area contributed by atoms with Crippen molar-refractivity contribution in [2.24, 2.45) is 5.73 Å². The third kappa shape index (κ3) is 2.00. The van der Waals surface area contributed by atoms with Gasteiger partial charge in [0, 0.05) is 11.4 Å². The van der Waals surface area contributed by atoms with Crippen LogP contribution in [0.25, 0.3) is 5.69 Å². The minimum atomic E-state index is -0.683. The quantitative estimate of drug-likeness (QED) is 0.920. The highest BCUT2D eigenvalue weighted by molar-refractivity contribution is 6.30. The second-order valence-electron chi connectivity index (χ2n) is 4.70. The van der Waals surface area contributed by atoms with E-state index in [1.54, 1.807) is 22.9 Å². The summed E-state index contributed by atoms with van der Waals surface area (Å²) in [4.78, 5) is 23.5. The van der Waals surface area contributed by atoms with E-state index < -0.39 is 5.91 Å². The van der Waals surface area contributed by atoms with Gasteiger partial charge >= 0.3 is 0 Å². The number of nitrogens with two attached hydrogens (primary N) is 1. The standard InChI is InChI=1S/C14H12ClN3O2/c15-8-3-1-4-9(7-8)18-10-5-2-6-11(19)12(10)13(17-18)14(16)20/h1,3-4,7H,2,5-6H2,(H2,16,20). The maximum absolute atomic E-state index is 12.0. The van der Waals surface area contributed by atoms with Gasteiger partial charge in [0.1, 0.15) is 0 Å². The molecule has 0 bridgehead atoms. The Balaban J connectivity index is 2.25. The maximum Gasteiger partial charge on any atom is 0.269 e. The second-order valence-corrected chi connectivity index (χ2v) is 5.14. The summed E-state index contributed by atoms with van der Waals surface area (Å²) < 4.78 is 1.60.